The molecule has 0 N–H and O–H groups in total. The van der Waals surface area contributed by atoms with Gasteiger partial charge in [0.05, 0.1) is 24.9 Å². The van der Waals surface area contributed by atoms with Gasteiger partial charge in [-0.1, -0.05) is 39.8 Å². The molecule has 1 saturated heterocycles. The van der Waals surface area contributed by atoms with Crippen molar-refractivity contribution in [1.82, 2.24) is 25.1 Å². The highest BCUT2D eigenvalue weighted by Gasteiger charge is 2.29. The van der Waals surface area contributed by atoms with Crippen molar-refractivity contribution in [2.24, 2.45) is 0 Å². The number of hydrogen-bond acceptors (Lipinski definition) is 6. The lowest BCUT2D eigenvalue weighted by Gasteiger charge is -2.33. The normalized spacial score (nSPS) is 20.7. The number of carbonyl (C=O) groups excluding carboxylic acids is 1. The summed E-state index contributed by atoms with van der Waals surface area (Å²) >= 11 is 4.85. The van der Waals surface area contributed by atoms with Crippen molar-refractivity contribution in [3.63, 3.8) is 0 Å². The van der Waals surface area contributed by atoms with Crippen molar-refractivity contribution in [3.05, 3.63) is 34.3 Å². The number of morpholine rings is 1. The third-order valence-electron chi connectivity index (χ3n) is 4.34. The molecule has 1 aliphatic heterocycles. The van der Waals surface area contributed by atoms with Crippen LogP contribution in [-0.2, 0) is 9.53 Å². The molecule has 2 fully saturated rings. The van der Waals surface area contributed by atoms with Gasteiger partial charge in [0.25, 0.3) is 0 Å². The highest BCUT2D eigenvalue weighted by Crippen LogP contribution is 2.36. The van der Waals surface area contributed by atoms with E-state index in [1.807, 2.05) is 33.8 Å². The van der Waals surface area contributed by atoms with E-state index in [-0.39, 0.29) is 12.0 Å². The van der Waals surface area contributed by atoms with Crippen molar-refractivity contribution in [2.45, 2.75) is 30.1 Å². The Morgan fingerprint density at radius 1 is 1.32 bits per heavy atom. The molecule has 7 nitrogen and oxygen atoms in total. The van der Waals surface area contributed by atoms with Crippen LogP contribution in [-0.4, -0.2) is 56.5 Å². The summed E-state index contributed by atoms with van der Waals surface area (Å²) in [5.74, 6) is 0.445. The Morgan fingerprint density at radius 3 is 2.88 bits per heavy atom. The maximum Gasteiger partial charge on any atom is 0.233 e. The minimum absolute atomic E-state index is 0.0763. The van der Waals surface area contributed by atoms with E-state index in [1.54, 1.807) is 0 Å². The third kappa shape index (κ3) is 4.04. The predicted molar refractivity (Wildman–Crippen MR) is 96.2 cm³/mol. The van der Waals surface area contributed by atoms with Crippen LogP contribution in [0, 0.1) is 0 Å². The van der Waals surface area contributed by atoms with Gasteiger partial charge in [-0.2, -0.15) is 0 Å². The van der Waals surface area contributed by atoms with E-state index in [1.165, 1.54) is 11.8 Å². The number of ether oxygens (including phenoxy) is 1. The Bertz CT molecular complexity index is 749. The molecule has 2 aliphatic rings. The molecule has 4 rings (SSSR count). The molecule has 0 spiro atoms. The lowest BCUT2D eigenvalue weighted by Crippen LogP contribution is -2.43. The summed E-state index contributed by atoms with van der Waals surface area (Å²) in [5, 5.41) is 12.5. The van der Waals surface area contributed by atoms with Crippen LogP contribution in [0.3, 0.4) is 0 Å². The number of aromatic nitrogens is 4. The van der Waals surface area contributed by atoms with E-state index in [4.69, 9.17) is 4.74 Å². The first kappa shape index (κ1) is 17.0. The van der Waals surface area contributed by atoms with Crippen molar-refractivity contribution >= 4 is 33.6 Å². The molecule has 0 radical (unpaired) electrons. The summed E-state index contributed by atoms with van der Waals surface area (Å²) in [4.78, 5) is 14.5. The summed E-state index contributed by atoms with van der Waals surface area (Å²) in [6.45, 7) is 1.76. The zero-order chi connectivity index (χ0) is 17.2. The van der Waals surface area contributed by atoms with E-state index in [9.17, 15) is 4.79 Å². The molecule has 1 aromatic heterocycles. The Labute approximate surface area is 158 Å². The second-order valence-corrected chi connectivity index (χ2v) is 8.03. The fourth-order valence-electron chi connectivity index (χ4n) is 2.80. The molecule has 0 bridgehead atoms. The summed E-state index contributed by atoms with van der Waals surface area (Å²) in [5.41, 5.74) is 1.09. The fourth-order valence-corrected chi connectivity index (χ4v) is 3.91. The van der Waals surface area contributed by atoms with Crippen molar-refractivity contribution in [2.75, 3.05) is 25.4 Å². The number of nitrogens with zero attached hydrogens (tertiary/aromatic N) is 5. The number of rotatable bonds is 5. The first-order valence-electron chi connectivity index (χ1n) is 8.26. The van der Waals surface area contributed by atoms with Crippen molar-refractivity contribution in [3.8, 4) is 0 Å². The second-order valence-electron chi connectivity index (χ2n) is 6.18. The van der Waals surface area contributed by atoms with Crippen LogP contribution in [0.4, 0.5) is 0 Å². The molecule has 25 heavy (non-hydrogen) atoms. The monoisotopic (exact) mass is 423 g/mol. The average Bonchev–Trinajstić information content (AvgIpc) is 3.38. The molecule has 1 atom stereocenters. The van der Waals surface area contributed by atoms with Gasteiger partial charge in [0, 0.05) is 11.0 Å². The summed E-state index contributed by atoms with van der Waals surface area (Å²) in [6.07, 6.45) is 2.16. The molecule has 1 saturated carbocycles. The number of tetrazole rings is 1. The Kier molecular flexibility index (Phi) is 5.05. The SMILES string of the molecule is O=C(CSc1nnnn1C1CC1)N1CCOC(c2ccc(Br)cc2)C1. The van der Waals surface area contributed by atoms with Crippen molar-refractivity contribution in [1.29, 1.82) is 0 Å². The van der Waals surface area contributed by atoms with Crippen LogP contribution >= 0.6 is 27.7 Å². The quantitative estimate of drug-likeness (QED) is 0.687. The van der Waals surface area contributed by atoms with Crippen LogP contribution in [0.2, 0.25) is 0 Å². The second kappa shape index (κ2) is 7.43. The number of halogens is 1. The van der Waals surface area contributed by atoms with Gasteiger partial charge in [0.2, 0.25) is 11.1 Å². The number of carbonyl (C=O) groups is 1. The predicted octanol–water partition coefficient (Wildman–Crippen LogP) is 2.46. The topological polar surface area (TPSA) is 73.1 Å². The molecular formula is C16H18BrN5O2S. The van der Waals surface area contributed by atoms with E-state index in [0.29, 0.717) is 31.5 Å². The highest BCUT2D eigenvalue weighted by molar-refractivity contribution is 9.10. The van der Waals surface area contributed by atoms with Gasteiger partial charge >= 0.3 is 0 Å². The van der Waals surface area contributed by atoms with Crippen molar-refractivity contribution < 1.29 is 9.53 Å². The fraction of sp³-hybridized carbons (Fsp3) is 0.500. The van der Waals surface area contributed by atoms with Gasteiger partial charge in [-0.25, -0.2) is 4.68 Å². The Hall–Kier alpha value is -1.45. The Morgan fingerprint density at radius 2 is 2.12 bits per heavy atom. The molecule has 1 aliphatic carbocycles. The molecule has 2 aromatic rings. The summed E-state index contributed by atoms with van der Waals surface area (Å²) < 4.78 is 8.71. The highest BCUT2D eigenvalue weighted by atomic mass is 79.9. The number of amides is 1. The number of benzene rings is 1. The molecule has 2 heterocycles. The number of hydrogen-bond donors (Lipinski definition) is 0. The third-order valence-corrected chi connectivity index (χ3v) is 5.79. The standard InChI is InChI=1S/C16H18BrN5O2S/c17-12-3-1-11(2-4-12)14-9-21(7-8-24-14)15(23)10-25-16-18-19-20-22(16)13-5-6-13/h1-4,13-14H,5-10H2. The van der Waals surface area contributed by atoms with E-state index in [2.05, 4.69) is 31.5 Å². The first-order valence-corrected chi connectivity index (χ1v) is 10.0. The van der Waals surface area contributed by atoms with Gasteiger partial charge < -0.3 is 9.64 Å². The lowest BCUT2D eigenvalue weighted by molar-refractivity contribution is -0.136. The zero-order valence-electron chi connectivity index (χ0n) is 13.5. The smallest absolute Gasteiger partial charge is 0.233 e. The first-order chi connectivity index (χ1) is 12.2. The van der Waals surface area contributed by atoms with Crippen LogP contribution < -0.4 is 0 Å². The molecule has 9 heteroatoms. The van der Waals surface area contributed by atoms with E-state index in [0.717, 1.165) is 28.0 Å². The van der Waals surface area contributed by atoms with Crippen LogP contribution in [0.25, 0.3) is 0 Å². The maximum atomic E-state index is 12.6. The van der Waals surface area contributed by atoms with Gasteiger partial charge in [-0.05, 0) is 41.0 Å². The van der Waals surface area contributed by atoms with Crippen LogP contribution in [0.15, 0.2) is 33.9 Å². The minimum atomic E-state index is -0.0763. The van der Waals surface area contributed by atoms with Gasteiger partial charge in [0.15, 0.2) is 0 Å². The van der Waals surface area contributed by atoms with Crippen LogP contribution in [0.5, 0.6) is 0 Å². The zero-order valence-corrected chi connectivity index (χ0v) is 15.9. The molecule has 1 amide bonds. The van der Waals surface area contributed by atoms with Gasteiger partial charge in [-0.15, -0.1) is 5.10 Å². The van der Waals surface area contributed by atoms with Gasteiger partial charge in [-0.3, -0.25) is 4.79 Å². The van der Waals surface area contributed by atoms with Crippen LogP contribution in [0.1, 0.15) is 30.6 Å². The molecule has 1 aromatic carbocycles. The minimum Gasteiger partial charge on any atom is -0.370 e. The van der Waals surface area contributed by atoms with E-state index >= 15 is 0 Å². The molecule has 1 unspecified atom stereocenters. The number of thioether (sulfide) groups is 1. The van der Waals surface area contributed by atoms with Gasteiger partial charge in [0.1, 0.15) is 6.10 Å². The lowest BCUT2D eigenvalue weighted by atomic mass is 10.1. The Balaban J connectivity index is 1.35. The van der Waals surface area contributed by atoms with E-state index < -0.39 is 0 Å². The molecular weight excluding hydrogens is 406 g/mol. The largest absolute Gasteiger partial charge is 0.370 e. The molecule has 132 valence electrons. The summed E-state index contributed by atoms with van der Waals surface area (Å²) in [6, 6.07) is 8.46. The summed E-state index contributed by atoms with van der Waals surface area (Å²) in [7, 11) is 0. The maximum absolute atomic E-state index is 12.6. The average molecular weight is 424 g/mol.